The quantitative estimate of drug-likeness (QED) is 0.374. The van der Waals surface area contributed by atoms with Gasteiger partial charge in [0.15, 0.2) is 11.5 Å². The molecule has 0 spiro atoms. The molecule has 8 nitrogen and oxygen atoms in total. The van der Waals surface area contributed by atoms with Crippen molar-refractivity contribution in [3.63, 3.8) is 0 Å². The lowest BCUT2D eigenvalue weighted by Gasteiger charge is -2.25. The number of nitrogens with one attached hydrogen (secondary N) is 1. The molecule has 0 unspecified atom stereocenters. The molecule has 0 aliphatic rings. The van der Waals surface area contributed by atoms with Gasteiger partial charge in [0.2, 0.25) is 5.91 Å². The number of hydrogen-bond donors (Lipinski definition) is 1. The van der Waals surface area contributed by atoms with Crippen molar-refractivity contribution in [3.8, 4) is 17.2 Å². The Bertz CT molecular complexity index is 1350. The number of sulfonamides is 1. The molecule has 198 valence electrons. The number of nitrogens with zero attached hydrogens (tertiary/aromatic N) is 1. The number of amides is 1. The van der Waals surface area contributed by atoms with Gasteiger partial charge in [0.05, 0.1) is 31.3 Å². The molecule has 3 rings (SSSR count). The summed E-state index contributed by atoms with van der Waals surface area (Å²) in [7, 11) is -1.21. The van der Waals surface area contributed by atoms with Crippen LogP contribution in [0.1, 0.15) is 22.3 Å². The second kappa shape index (κ2) is 12.0. The summed E-state index contributed by atoms with van der Waals surface area (Å²) in [5.41, 5.74) is 4.44. The monoisotopic (exact) mass is 526 g/mol. The summed E-state index contributed by atoms with van der Waals surface area (Å²) in [6.45, 7) is 7.86. The van der Waals surface area contributed by atoms with Crippen LogP contribution in [0.2, 0.25) is 0 Å². The Labute approximate surface area is 219 Å². The SMILES string of the molecule is COc1ccc(S(=O)(=O)N(CC(=O)NCCOc2ccc(C)c(C)c2)c2cc(C)cc(C)c2)cc1OC. The van der Waals surface area contributed by atoms with Gasteiger partial charge in [-0.1, -0.05) is 12.1 Å². The zero-order chi connectivity index (χ0) is 27.2. The van der Waals surface area contributed by atoms with Crippen LogP contribution in [-0.4, -0.2) is 48.2 Å². The molecule has 0 saturated carbocycles. The topological polar surface area (TPSA) is 94.2 Å². The molecule has 3 aromatic rings. The van der Waals surface area contributed by atoms with Crippen LogP contribution in [0, 0.1) is 27.7 Å². The van der Waals surface area contributed by atoms with E-state index in [1.54, 1.807) is 12.1 Å². The third-order valence-corrected chi connectivity index (χ3v) is 7.67. The molecule has 1 N–H and O–H groups in total. The Morgan fingerprint density at radius 1 is 0.838 bits per heavy atom. The van der Waals surface area contributed by atoms with Crippen molar-refractivity contribution in [3.05, 3.63) is 76.9 Å². The first kappa shape index (κ1) is 27.9. The first-order valence-corrected chi connectivity index (χ1v) is 13.3. The number of ether oxygens (including phenoxy) is 3. The molecule has 3 aromatic carbocycles. The third-order valence-electron chi connectivity index (χ3n) is 5.90. The smallest absolute Gasteiger partial charge is 0.264 e. The normalized spacial score (nSPS) is 11.1. The van der Waals surface area contributed by atoms with Crippen LogP contribution < -0.4 is 23.8 Å². The van der Waals surface area contributed by atoms with Crippen molar-refractivity contribution in [1.29, 1.82) is 0 Å². The van der Waals surface area contributed by atoms with Gasteiger partial charge in [-0.3, -0.25) is 9.10 Å². The number of carbonyl (C=O) groups excluding carboxylic acids is 1. The first-order valence-electron chi connectivity index (χ1n) is 11.8. The zero-order valence-electron chi connectivity index (χ0n) is 22.1. The number of anilines is 1. The second-order valence-electron chi connectivity index (χ2n) is 8.82. The van der Waals surface area contributed by atoms with Crippen LogP contribution in [0.4, 0.5) is 5.69 Å². The molecule has 0 aromatic heterocycles. The van der Waals surface area contributed by atoms with E-state index < -0.39 is 22.5 Å². The Morgan fingerprint density at radius 2 is 1.51 bits per heavy atom. The van der Waals surface area contributed by atoms with Gasteiger partial charge >= 0.3 is 0 Å². The average Bonchev–Trinajstić information content (AvgIpc) is 2.86. The highest BCUT2D eigenvalue weighted by Gasteiger charge is 2.28. The van der Waals surface area contributed by atoms with Crippen molar-refractivity contribution in [2.45, 2.75) is 32.6 Å². The second-order valence-corrected chi connectivity index (χ2v) is 10.7. The minimum atomic E-state index is -4.12. The molecule has 0 radical (unpaired) electrons. The maximum absolute atomic E-state index is 13.8. The van der Waals surface area contributed by atoms with Gasteiger partial charge < -0.3 is 19.5 Å². The number of rotatable bonds is 11. The summed E-state index contributed by atoms with van der Waals surface area (Å²) in [6.07, 6.45) is 0. The van der Waals surface area contributed by atoms with Crippen LogP contribution >= 0.6 is 0 Å². The van der Waals surface area contributed by atoms with E-state index in [1.165, 1.54) is 38.0 Å². The minimum Gasteiger partial charge on any atom is -0.493 e. The van der Waals surface area contributed by atoms with Crippen molar-refractivity contribution >= 4 is 21.6 Å². The lowest BCUT2D eigenvalue weighted by molar-refractivity contribution is -0.119. The van der Waals surface area contributed by atoms with Gasteiger partial charge in [0.1, 0.15) is 18.9 Å². The van der Waals surface area contributed by atoms with Crippen molar-refractivity contribution < 1.29 is 27.4 Å². The summed E-state index contributed by atoms with van der Waals surface area (Å²) < 4.78 is 44.9. The van der Waals surface area contributed by atoms with Gasteiger partial charge in [-0.15, -0.1) is 0 Å². The molecule has 1 amide bonds. The fraction of sp³-hybridized carbons (Fsp3) is 0.321. The maximum atomic E-state index is 13.8. The van der Waals surface area contributed by atoms with E-state index in [0.29, 0.717) is 17.2 Å². The molecular weight excluding hydrogens is 492 g/mol. The molecule has 0 saturated heterocycles. The predicted molar refractivity (Wildman–Crippen MR) is 144 cm³/mol. The Morgan fingerprint density at radius 3 is 2.14 bits per heavy atom. The summed E-state index contributed by atoms with van der Waals surface area (Å²) in [4.78, 5) is 12.9. The van der Waals surface area contributed by atoms with Crippen LogP contribution in [-0.2, 0) is 14.8 Å². The molecular formula is C28H34N2O6S. The van der Waals surface area contributed by atoms with Gasteiger partial charge in [0.25, 0.3) is 10.0 Å². The van der Waals surface area contributed by atoms with E-state index in [0.717, 1.165) is 21.0 Å². The highest BCUT2D eigenvalue weighted by Crippen LogP contribution is 2.32. The zero-order valence-corrected chi connectivity index (χ0v) is 22.9. The van der Waals surface area contributed by atoms with Crippen molar-refractivity contribution in [2.75, 3.05) is 38.2 Å². The Hall–Kier alpha value is -3.72. The Kier molecular flexibility index (Phi) is 9.04. The van der Waals surface area contributed by atoms with Crippen LogP contribution in [0.5, 0.6) is 17.2 Å². The summed E-state index contributed by atoms with van der Waals surface area (Å²) in [5, 5.41) is 2.76. The van der Waals surface area contributed by atoms with E-state index in [1.807, 2.05) is 52.0 Å². The molecule has 37 heavy (non-hydrogen) atoms. The molecule has 0 bridgehead atoms. The first-order chi connectivity index (χ1) is 17.5. The van der Waals surface area contributed by atoms with E-state index in [4.69, 9.17) is 14.2 Å². The van der Waals surface area contributed by atoms with E-state index >= 15 is 0 Å². The van der Waals surface area contributed by atoms with Crippen LogP contribution in [0.3, 0.4) is 0 Å². The Balaban J connectivity index is 1.80. The summed E-state index contributed by atoms with van der Waals surface area (Å²) >= 11 is 0. The maximum Gasteiger partial charge on any atom is 0.264 e. The summed E-state index contributed by atoms with van der Waals surface area (Å²) in [6, 6.07) is 15.6. The molecule has 0 aliphatic carbocycles. The number of methoxy groups -OCH3 is 2. The fourth-order valence-corrected chi connectivity index (χ4v) is 5.28. The van der Waals surface area contributed by atoms with Gasteiger partial charge in [-0.25, -0.2) is 8.42 Å². The van der Waals surface area contributed by atoms with Crippen molar-refractivity contribution in [1.82, 2.24) is 5.32 Å². The van der Waals surface area contributed by atoms with Gasteiger partial charge in [-0.05, 0) is 86.3 Å². The largest absolute Gasteiger partial charge is 0.493 e. The van der Waals surface area contributed by atoms with Crippen LogP contribution in [0.15, 0.2) is 59.5 Å². The molecule has 0 atom stereocenters. The van der Waals surface area contributed by atoms with Gasteiger partial charge in [0, 0.05) is 6.07 Å². The number of hydrogen-bond acceptors (Lipinski definition) is 6. The average molecular weight is 527 g/mol. The lowest BCUT2D eigenvalue weighted by atomic mass is 10.1. The highest BCUT2D eigenvalue weighted by molar-refractivity contribution is 7.92. The summed E-state index contributed by atoms with van der Waals surface area (Å²) in [5.74, 6) is 0.940. The highest BCUT2D eigenvalue weighted by atomic mass is 32.2. The minimum absolute atomic E-state index is 0.0183. The number of benzene rings is 3. The van der Waals surface area contributed by atoms with E-state index in [9.17, 15) is 13.2 Å². The van der Waals surface area contributed by atoms with Crippen molar-refractivity contribution in [2.24, 2.45) is 0 Å². The third kappa shape index (κ3) is 6.95. The molecule has 0 aliphatic heterocycles. The number of carbonyl (C=O) groups is 1. The van der Waals surface area contributed by atoms with E-state index in [-0.39, 0.29) is 23.8 Å². The van der Waals surface area contributed by atoms with E-state index in [2.05, 4.69) is 5.32 Å². The lowest BCUT2D eigenvalue weighted by Crippen LogP contribution is -2.42. The molecule has 0 fully saturated rings. The predicted octanol–water partition coefficient (Wildman–Crippen LogP) is 4.33. The molecule has 0 heterocycles. The standard InChI is InChI=1S/C28H34N2O6S/c1-19-13-20(2)15-23(14-19)30(37(32,33)25-9-10-26(34-5)27(17-25)35-6)18-28(31)29-11-12-36-24-8-7-21(3)22(4)16-24/h7-10,13-17H,11-12,18H2,1-6H3,(H,29,31). The number of aryl methyl sites for hydroxylation is 4. The fourth-order valence-electron chi connectivity index (χ4n) is 3.86. The van der Waals surface area contributed by atoms with Gasteiger partial charge in [-0.2, -0.15) is 0 Å². The molecule has 9 heteroatoms. The van der Waals surface area contributed by atoms with Crippen LogP contribution in [0.25, 0.3) is 0 Å².